The van der Waals surface area contributed by atoms with Crippen molar-refractivity contribution in [2.45, 2.75) is 32.1 Å². The van der Waals surface area contributed by atoms with Crippen LogP contribution in [-0.4, -0.2) is 18.5 Å². The van der Waals surface area contributed by atoms with E-state index in [1.165, 1.54) is 5.56 Å². The van der Waals surface area contributed by atoms with E-state index in [2.05, 4.69) is 17.1 Å². The van der Waals surface area contributed by atoms with Crippen LogP contribution in [0.2, 0.25) is 0 Å². The number of carbonyl (C=O) groups excluding carboxylic acids is 1. The fourth-order valence-corrected chi connectivity index (χ4v) is 2.47. The molecule has 0 radical (unpaired) electrons. The van der Waals surface area contributed by atoms with Crippen LogP contribution in [0, 0.1) is 0 Å². The van der Waals surface area contributed by atoms with Crippen LogP contribution < -0.4 is 5.73 Å². The fraction of sp³-hybridized carbons (Fsp3) is 0.375. The number of hydrogen-bond donors (Lipinski definition) is 1. The van der Waals surface area contributed by atoms with Gasteiger partial charge in [0.15, 0.2) is 5.78 Å². The topological polar surface area (TPSA) is 55.4 Å². The zero-order chi connectivity index (χ0) is 13.7. The zero-order valence-corrected chi connectivity index (χ0v) is 11.4. The predicted molar refractivity (Wildman–Crippen MR) is 78.2 cm³/mol. The third-order valence-electron chi connectivity index (χ3n) is 3.50. The monoisotopic (exact) mass is 256 g/mol. The minimum atomic E-state index is 0.150. The van der Waals surface area contributed by atoms with Crippen LogP contribution >= 0.6 is 0 Å². The molecule has 0 amide bonds. The van der Waals surface area contributed by atoms with Gasteiger partial charge in [-0.15, -0.1) is 0 Å². The van der Waals surface area contributed by atoms with E-state index in [9.17, 15) is 4.79 Å². The standard InChI is InChI=1S/C16H20N2O/c1-18-14(11-10-12-6-3-2-4-7-12)16-13(17)8-5-9-15(16)19/h2-4,6-7H,5,8-11,17H2,1H3. The first-order valence-corrected chi connectivity index (χ1v) is 6.74. The Morgan fingerprint density at radius 2 is 2.00 bits per heavy atom. The van der Waals surface area contributed by atoms with Gasteiger partial charge in [0.1, 0.15) is 0 Å². The number of aliphatic imine (C=N–C) groups is 1. The van der Waals surface area contributed by atoms with Crippen LogP contribution in [0.25, 0.3) is 0 Å². The van der Waals surface area contributed by atoms with Crippen molar-refractivity contribution in [3.8, 4) is 0 Å². The molecule has 1 aliphatic rings. The van der Waals surface area contributed by atoms with Crippen molar-refractivity contribution in [3.63, 3.8) is 0 Å². The molecule has 0 atom stereocenters. The summed E-state index contributed by atoms with van der Waals surface area (Å²) in [5.41, 5.74) is 9.50. The summed E-state index contributed by atoms with van der Waals surface area (Å²) in [6.07, 6.45) is 3.93. The molecule has 19 heavy (non-hydrogen) atoms. The molecule has 0 saturated heterocycles. The second kappa shape index (κ2) is 6.32. The quantitative estimate of drug-likeness (QED) is 0.842. The number of ketones is 1. The average molecular weight is 256 g/mol. The first kappa shape index (κ1) is 13.5. The molecule has 0 bridgehead atoms. The van der Waals surface area contributed by atoms with Gasteiger partial charge in [-0.2, -0.15) is 0 Å². The zero-order valence-electron chi connectivity index (χ0n) is 11.4. The predicted octanol–water partition coefficient (Wildman–Crippen LogP) is 2.66. The summed E-state index contributed by atoms with van der Waals surface area (Å²) >= 11 is 0. The molecule has 0 aromatic heterocycles. The molecule has 1 aliphatic carbocycles. The van der Waals surface area contributed by atoms with Gasteiger partial charge in [-0.3, -0.25) is 9.79 Å². The molecule has 100 valence electrons. The highest BCUT2D eigenvalue weighted by Crippen LogP contribution is 2.21. The van der Waals surface area contributed by atoms with Gasteiger partial charge in [-0.05, 0) is 31.2 Å². The molecule has 0 spiro atoms. The van der Waals surface area contributed by atoms with E-state index in [4.69, 9.17) is 5.73 Å². The molecule has 2 N–H and O–H groups in total. The highest BCUT2D eigenvalue weighted by molar-refractivity contribution is 6.23. The van der Waals surface area contributed by atoms with Gasteiger partial charge < -0.3 is 5.73 Å². The maximum absolute atomic E-state index is 12.0. The molecule has 2 rings (SSSR count). The molecule has 3 nitrogen and oxygen atoms in total. The minimum Gasteiger partial charge on any atom is -0.401 e. The van der Waals surface area contributed by atoms with Crippen LogP contribution in [0.4, 0.5) is 0 Å². The molecular formula is C16H20N2O. The first-order chi connectivity index (χ1) is 9.22. The Hall–Kier alpha value is -1.90. The van der Waals surface area contributed by atoms with Crippen LogP contribution in [0.1, 0.15) is 31.2 Å². The van der Waals surface area contributed by atoms with Crippen LogP contribution in [0.5, 0.6) is 0 Å². The summed E-state index contributed by atoms with van der Waals surface area (Å²) in [5.74, 6) is 0.150. The number of benzene rings is 1. The lowest BCUT2D eigenvalue weighted by molar-refractivity contribution is -0.115. The summed E-state index contributed by atoms with van der Waals surface area (Å²) in [7, 11) is 1.74. The van der Waals surface area contributed by atoms with Crippen LogP contribution in [0.15, 0.2) is 46.6 Å². The van der Waals surface area contributed by atoms with E-state index in [-0.39, 0.29) is 5.78 Å². The molecule has 0 heterocycles. The summed E-state index contributed by atoms with van der Waals surface area (Å²) in [4.78, 5) is 16.3. The first-order valence-electron chi connectivity index (χ1n) is 6.74. The van der Waals surface area contributed by atoms with E-state index < -0.39 is 0 Å². The van der Waals surface area contributed by atoms with Crippen molar-refractivity contribution in [2.24, 2.45) is 10.7 Å². The number of carbonyl (C=O) groups is 1. The third kappa shape index (κ3) is 3.31. The van der Waals surface area contributed by atoms with E-state index in [0.29, 0.717) is 17.7 Å². The van der Waals surface area contributed by atoms with Gasteiger partial charge in [0.2, 0.25) is 0 Å². The lowest BCUT2D eigenvalue weighted by atomic mass is 9.89. The van der Waals surface area contributed by atoms with Crippen molar-refractivity contribution in [2.75, 3.05) is 7.05 Å². The number of nitrogens with two attached hydrogens (primary N) is 1. The average Bonchev–Trinajstić information content (AvgIpc) is 2.43. The van der Waals surface area contributed by atoms with E-state index in [0.717, 1.165) is 31.4 Å². The van der Waals surface area contributed by atoms with Gasteiger partial charge in [0.05, 0.1) is 5.57 Å². The summed E-state index contributed by atoms with van der Waals surface area (Å²) < 4.78 is 0. The van der Waals surface area contributed by atoms with Gasteiger partial charge in [-0.25, -0.2) is 0 Å². The van der Waals surface area contributed by atoms with E-state index in [1.54, 1.807) is 7.05 Å². The van der Waals surface area contributed by atoms with Gasteiger partial charge in [-0.1, -0.05) is 30.3 Å². The molecule has 1 aromatic rings. The Morgan fingerprint density at radius 1 is 1.26 bits per heavy atom. The lowest BCUT2D eigenvalue weighted by Crippen LogP contribution is -2.23. The molecule has 3 heteroatoms. The number of aryl methyl sites for hydroxylation is 1. The molecular weight excluding hydrogens is 236 g/mol. The Kier molecular flexibility index (Phi) is 4.50. The summed E-state index contributed by atoms with van der Waals surface area (Å²) in [6.45, 7) is 0. The normalized spacial score (nSPS) is 16.9. The number of hydrogen-bond acceptors (Lipinski definition) is 3. The number of rotatable bonds is 4. The Morgan fingerprint density at radius 3 is 2.63 bits per heavy atom. The van der Waals surface area contributed by atoms with Crippen molar-refractivity contribution in [1.29, 1.82) is 0 Å². The van der Waals surface area contributed by atoms with Crippen molar-refractivity contribution in [1.82, 2.24) is 0 Å². The third-order valence-corrected chi connectivity index (χ3v) is 3.50. The highest BCUT2D eigenvalue weighted by Gasteiger charge is 2.22. The second-order valence-corrected chi connectivity index (χ2v) is 4.83. The number of Topliss-reactive ketones (excluding diaryl/α,β-unsaturated/α-hetero) is 1. The minimum absolute atomic E-state index is 0.150. The lowest BCUT2D eigenvalue weighted by Gasteiger charge is -2.17. The SMILES string of the molecule is CN=C(CCc1ccccc1)C1=C(N)CCCC1=O. The molecule has 0 aliphatic heterocycles. The highest BCUT2D eigenvalue weighted by atomic mass is 16.1. The van der Waals surface area contributed by atoms with Gasteiger partial charge >= 0.3 is 0 Å². The summed E-state index contributed by atoms with van der Waals surface area (Å²) in [6, 6.07) is 10.2. The van der Waals surface area contributed by atoms with Gasteiger partial charge in [0.25, 0.3) is 0 Å². The number of allylic oxidation sites excluding steroid dienone is 2. The van der Waals surface area contributed by atoms with Crippen molar-refractivity contribution >= 4 is 11.5 Å². The van der Waals surface area contributed by atoms with Crippen molar-refractivity contribution < 1.29 is 4.79 Å². The van der Waals surface area contributed by atoms with Crippen molar-refractivity contribution in [3.05, 3.63) is 47.2 Å². The fourth-order valence-electron chi connectivity index (χ4n) is 2.47. The van der Waals surface area contributed by atoms with Crippen LogP contribution in [-0.2, 0) is 11.2 Å². The maximum atomic E-state index is 12.0. The van der Waals surface area contributed by atoms with E-state index in [1.807, 2.05) is 18.2 Å². The second-order valence-electron chi connectivity index (χ2n) is 4.83. The molecule has 0 saturated carbocycles. The molecule has 0 unspecified atom stereocenters. The number of nitrogens with zero attached hydrogens (tertiary/aromatic N) is 1. The largest absolute Gasteiger partial charge is 0.401 e. The smallest absolute Gasteiger partial charge is 0.166 e. The Balaban J connectivity index is 2.11. The van der Waals surface area contributed by atoms with Crippen LogP contribution in [0.3, 0.4) is 0 Å². The molecule has 1 aromatic carbocycles. The maximum Gasteiger partial charge on any atom is 0.166 e. The van der Waals surface area contributed by atoms with E-state index >= 15 is 0 Å². The Bertz CT molecular complexity index is 515. The van der Waals surface area contributed by atoms with Gasteiger partial charge in [0, 0.05) is 24.9 Å². The Labute approximate surface area is 114 Å². The molecule has 0 fully saturated rings. The summed E-state index contributed by atoms with van der Waals surface area (Å²) in [5, 5.41) is 0.